The van der Waals surface area contributed by atoms with Crippen LogP contribution in [0.25, 0.3) is 0 Å². The van der Waals surface area contributed by atoms with Crippen molar-refractivity contribution in [3.05, 3.63) is 0 Å². The fraction of sp³-hybridized carbons (Fsp3) is 1.00. The van der Waals surface area contributed by atoms with Gasteiger partial charge in [-0.05, 0) is 11.2 Å². The molecule has 2 saturated heterocycles. The van der Waals surface area contributed by atoms with Crippen LogP contribution in [0.5, 0.6) is 0 Å². The first-order valence-electron chi connectivity index (χ1n) is 3.78. The summed E-state index contributed by atoms with van der Waals surface area (Å²) in [5.41, 5.74) is 0. The van der Waals surface area contributed by atoms with Crippen molar-refractivity contribution in [2.45, 2.75) is 24.7 Å². The van der Waals surface area contributed by atoms with Gasteiger partial charge < -0.3 is 9.29 Å². The maximum Gasteiger partial charge on any atom is 0.144 e. The van der Waals surface area contributed by atoms with Gasteiger partial charge in [0.2, 0.25) is 0 Å². The summed E-state index contributed by atoms with van der Waals surface area (Å²) >= 11 is -0.583. The molecule has 0 aromatic carbocycles. The lowest BCUT2D eigenvalue weighted by molar-refractivity contribution is 0.0841. The fourth-order valence-corrected chi connectivity index (χ4v) is 3.84. The fourth-order valence-electron chi connectivity index (χ4n) is 1.88. The van der Waals surface area contributed by atoms with Gasteiger partial charge in [-0.15, -0.1) is 0 Å². The topological polar surface area (TPSA) is 32.3 Å². The van der Waals surface area contributed by atoms with Gasteiger partial charge in [-0.2, -0.15) is 0 Å². The van der Waals surface area contributed by atoms with Crippen LogP contribution in [0, 0.1) is 5.92 Å². The van der Waals surface area contributed by atoms with Gasteiger partial charge in [0.1, 0.15) is 17.1 Å². The third-order valence-corrected chi connectivity index (χ3v) is 4.44. The van der Waals surface area contributed by atoms with E-state index in [1.807, 2.05) is 0 Å². The highest BCUT2D eigenvalue weighted by Crippen LogP contribution is 2.34. The van der Waals surface area contributed by atoms with E-state index in [-0.39, 0.29) is 0 Å². The molecule has 0 amide bonds. The van der Waals surface area contributed by atoms with E-state index in [0.29, 0.717) is 17.3 Å². The van der Waals surface area contributed by atoms with Gasteiger partial charge in [-0.25, -0.2) is 0 Å². The highest BCUT2D eigenvalue weighted by molar-refractivity contribution is 7.92. The maximum atomic E-state index is 11.3. The number of hydrogen-bond acceptors (Lipinski definition) is 2. The Morgan fingerprint density at radius 2 is 2.40 bits per heavy atom. The largest absolute Gasteiger partial charge is 0.616 e. The van der Waals surface area contributed by atoms with Crippen molar-refractivity contribution in [1.29, 1.82) is 0 Å². The van der Waals surface area contributed by atoms with E-state index in [4.69, 9.17) is 4.74 Å². The Morgan fingerprint density at radius 3 is 3.10 bits per heavy atom. The first kappa shape index (κ1) is 6.95. The number of hydrogen-bond donors (Lipinski definition) is 0. The van der Waals surface area contributed by atoms with E-state index in [9.17, 15) is 4.55 Å². The average Bonchev–Trinajstić information content (AvgIpc) is 2.39. The molecule has 0 aliphatic carbocycles. The van der Waals surface area contributed by atoms with Crippen molar-refractivity contribution in [2.24, 2.45) is 5.92 Å². The molecule has 2 aliphatic heterocycles. The Kier molecular flexibility index (Phi) is 1.66. The smallest absolute Gasteiger partial charge is 0.144 e. The second-order valence-electron chi connectivity index (χ2n) is 3.19. The van der Waals surface area contributed by atoms with Crippen molar-refractivity contribution in [3.8, 4) is 0 Å². The van der Waals surface area contributed by atoms with Gasteiger partial charge in [-0.1, -0.05) is 6.92 Å². The summed E-state index contributed by atoms with van der Waals surface area (Å²) in [6.07, 6.45) is 1.34. The van der Waals surface area contributed by atoms with Crippen LogP contribution >= 0.6 is 0 Å². The molecule has 3 heteroatoms. The lowest BCUT2D eigenvalue weighted by Gasteiger charge is -2.09. The van der Waals surface area contributed by atoms with Crippen molar-refractivity contribution in [2.75, 3.05) is 12.4 Å². The predicted octanol–water partition coefficient (Wildman–Crippen LogP) is 0.542. The van der Waals surface area contributed by atoms with Crippen LogP contribution in [0.3, 0.4) is 0 Å². The second kappa shape index (κ2) is 2.40. The summed E-state index contributed by atoms with van der Waals surface area (Å²) < 4.78 is 16.8. The summed E-state index contributed by atoms with van der Waals surface area (Å²) in [6.45, 7) is 2.96. The molecule has 0 aromatic heterocycles. The maximum absolute atomic E-state index is 11.3. The zero-order chi connectivity index (χ0) is 7.14. The van der Waals surface area contributed by atoms with Gasteiger partial charge in [0.25, 0.3) is 0 Å². The van der Waals surface area contributed by atoms with Gasteiger partial charge in [0.05, 0.1) is 6.61 Å². The van der Waals surface area contributed by atoms with Crippen molar-refractivity contribution >= 4 is 11.2 Å². The van der Waals surface area contributed by atoms with E-state index in [0.717, 1.165) is 18.8 Å². The highest BCUT2D eigenvalue weighted by atomic mass is 32.2. The Balaban J connectivity index is 2.11. The average molecular weight is 160 g/mol. The SMILES string of the molecule is CC1C[S+]([O-])C2CCOC12. The summed E-state index contributed by atoms with van der Waals surface area (Å²) in [7, 11) is 0. The number of ether oxygens (including phenoxy) is 1. The third-order valence-electron chi connectivity index (χ3n) is 2.40. The van der Waals surface area contributed by atoms with Crippen molar-refractivity contribution in [1.82, 2.24) is 0 Å². The third kappa shape index (κ3) is 0.881. The van der Waals surface area contributed by atoms with Crippen LogP contribution in [0.4, 0.5) is 0 Å². The van der Waals surface area contributed by atoms with Crippen LogP contribution < -0.4 is 0 Å². The molecule has 2 rings (SSSR count). The van der Waals surface area contributed by atoms with Crippen molar-refractivity contribution < 1.29 is 9.29 Å². The molecule has 10 heavy (non-hydrogen) atoms. The minimum Gasteiger partial charge on any atom is -0.616 e. The molecule has 2 heterocycles. The van der Waals surface area contributed by atoms with Gasteiger partial charge in [-0.3, -0.25) is 0 Å². The second-order valence-corrected chi connectivity index (χ2v) is 4.89. The minimum absolute atomic E-state index is 0.320. The van der Waals surface area contributed by atoms with Gasteiger partial charge in [0.15, 0.2) is 0 Å². The Morgan fingerprint density at radius 1 is 1.60 bits per heavy atom. The Bertz CT molecular complexity index is 126. The van der Waals surface area contributed by atoms with Crippen LogP contribution in [0.1, 0.15) is 13.3 Å². The zero-order valence-corrected chi connectivity index (χ0v) is 6.89. The molecule has 0 saturated carbocycles. The monoisotopic (exact) mass is 160 g/mol. The molecule has 0 bridgehead atoms. The first-order chi connectivity index (χ1) is 4.79. The molecular formula is C7H12O2S. The molecule has 4 atom stereocenters. The molecule has 0 radical (unpaired) electrons. The Labute approximate surface area is 64.1 Å². The molecular weight excluding hydrogens is 148 g/mol. The van der Waals surface area contributed by atoms with E-state index >= 15 is 0 Å². The predicted molar refractivity (Wildman–Crippen MR) is 40.3 cm³/mol. The van der Waals surface area contributed by atoms with Crippen LogP contribution in [-0.2, 0) is 15.9 Å². The van der Waals surface area contributed by atoms with E-state index in [1.54, 1.807) is 0 Å². The van der Waals surface area contributed by atoms with Crippen LogP contribution in [0.15, 0.2) is 0 Å². The van der Waals surface area contributed by atoms with E-state index in [2.05, 4.69) is 6.92 Å². The number of fused-ring (bicyclic) bond motifs is 1. The molecule has 0 spiro atoms. The zero-order valence-electron chi connectivity index (χ0n) is 6.08. The van der Waals surface area contributed by atoms with Gasteiger partial charge >= 0.3 is 0 Å². The minimum atomic E-state index is -0.583. The summed E-state index contributed by atoms with van der Waals surface area (Å²) in [6, 6.07) is 0. The summed E-state index contributed by atoms with van der Waals surface area (Å²) in [4.78, 5) is 0. The molecule has 2 nitrogen and oxygen atoms in total. The normalized spacial score (nSPS) is 53.4. The molecule has 0 aromatic rings. The molecule has 58 valence electrons. The number of rotatable bonds is 0. The summed E-state index contributed by atoms with van der Waals surface area (Å²) in [5, 5.41) is 0.370. The quantitative estimate of drug-likeness (QED) is 0.484. The molecule has 2 fully saturated rings. The molecule has 2 aliphatic rings. The summed E-state index contributed by atoms with van der Waals surface area (Å²) in [5.74, 6) is 1.38. The van der Waals surface area contributed by atoms with Crippen LogP contribution in [-0.4, -0.2) is 28.3 Å². The van der Waals surface area contributed by atoms with Crippen molar-refractivity contribution in [3.63, 3.8) is 0 Å². The lowest BCUT2D eigenvalue weighted by Crippen LogP contribution is -2.22. The molecule has 4 unspecified atom stereocenters. The van der Waals surface area contributed by atoms with E-state index in [1.165, 1.54) is 0 Å². The standard InChI is InChI=1S/C7H12O2S/c1-5-4-10(8)6-2-3-9-7(5)6/h5-7H,2-4H2,1H3. The van der Waals surface area contributed by atoms with Gasteiger partial charge in [0, 0.05) is 12.3 Å². The highest BCUT2D eigenvalue weighted by Gasteiger charge is 2.48. The van der Waals surface area contributed by atoms with E-state index < -0.39 is 11.2 Å². The van der Waals surface area contributed by atoms with Crippen LogP contribution in [0.2, 0.25) is 0 Å². The lowest BCUT2D eigenvalue weighted by atomic mass is 10.1. The molecule has 0 N–H and O–H groups in total. The Hall–Kier alpha value is 0.270. The first-order valence-corrected chi connectivity index (χ1v) is 5.16.